The molecule has 1 saturated heterocycles. The van der Waals surface area contributed by atoms with Crippen molar-refractivity contribution in [3.05, 3.63) is 0 Å². The Morgan fingerprint density at radius 2 is 1.57 bits per heavy atom. The van der Waals surface area contributed by atoms with E-state index < -0.39 is 11.1 Å². The van der Waals surface area contributed by atoms with Crippen LogP contribution >= 0.6 is 0 Å². The van der Waals surface area contributed by atoms with Crippen molar-refractivity contribution in [1.82, 2.24) is 9.80 Å². The fraction of sp³-hybridized carbons (Fsp3) is 1.00. The molecule has 1 aliphatic heterocycles. The minimum atomic E-state index is -1.67. The van der Waals surface area contributed by atoms with E-state index in [9.17, 15) is 4.21 Å². The maximum absolute atomic E-state index is 10.4. The molecule has 0 aliphatic carbocycles. The van der Waals surface area contributed by atoms with E-state index in [-0.39, 0.29) is 6.61 Å². The highest BCUT2D eigenvalue weighted by Gasteiger charge is 2.15. The number of nitrogens with zero attached hydrogens (tertiary/aromatic N) is 2. The molecule has 14 heavy (non-hydrogen) atoms. The second-order valence-electron chi connectivity index (χ2n) is 3.43. The molecule has 1 fully saturated rings. The molecular formula is C8H18N2O3S. The van der Waals surface area contributed by atoms with Gasteiger partial charge in [-0.3, -0.25) is 9.80 Å². The van der Waals surface area contributed by atoms with Crippen LogP contribution in [0.3, 0.4) is 0 Å². The summed E-state index contributed by atoms with van der Waals surface area (Å²) in [6.45, 7) is 5.38. The van der Waals surface area contributed by atoms with Crippen molar-refractivity contribution in [2.24, 2.45) is 0 Å². The average Bonchev–Trinajstić information content (AvgIpc) is 2.17. The largest absolute Gasteiger partial charge is 0.395 e. The van der Waals surface area contributed by atoms with Crippen LogP contribution in [0.4, 0.5) is 0 Å². The first-order valence-corrected chi connectivity index (χ1v) is 6.13. The fourth-order valence-electron chi connectivity index (χ4n) is 1.59. The molecule has 0 amide bonds. The van der Waals surface area contributed by atoms with Gasteiger partial charge in [0.1, 0.15) is 0 Å². The number of hydrogen-bond acceptors (Lipinski definition) is 4. The molecule has 0 radical (unpaired) electrons. The molecule has 1 heterocycles. The van der Waals surface area contributed by atoms with Crippen LogP contribution in [0.2, 0.25) is 0 Å². The second-order valence-corrected chi connectivity index (χ2v) is 4.48. The van der Waals surface area contributed by atoms with Crippen molar-refractivity contribution >= 4 is 11.1 Å². The normalized spacial score (nSPS) is 22.4. The van der Waals surface area contributed by atoms with Gasteiger partial charge in [0.15, 0.2) is 11.1 Å². The molecule has 5 nitrogen and oxygen atoms in total. The summed E-state index contributed by atoms with van der Waals surface area (Å²) < 4.78 is 19.1. The van der Waals surface area contributed by atoms with E-state index in [1.807, 2.05) is 0 Å². The van der Waals surface area contributed by atoms with E-state index >= 15 is 0 Å². The average molecular weight is 222 g/mol. The summed E-state index contributed by atoms with van der Waals surface area (Å²) in [6, 6.07) is 0. The summed E-state index contributed by atoms with van der Waals surface area (Å²) >= 11 is -1.67. The van der Waals surface area contributed by atoms with Crippen molar-refractivity contribution in [3.63, 3.8) is 0 Å². The van der Waals surface area contributed by atoms with Gasteiger partial charge in [-0.1, -0.05) is 0 Å². The second kappa shape index (κ2) is 6.47. The van der Waals surface area contributed by atoms with Gasteiger partial charge in [-0.15, -0.1) is 0 Å². The van der Waals surface area contributed by atoms with Crippen LogP contribution in [0, 0.1) is 0 Å². The molecule has 0 aromatic rings. The Morgan fingerprint density at radius 3 is 2.00 bits per heavy atom. The highest BCUT2D eigenvalue weighted by molar-refractivity contribution is 7.79. The van der Waals surface area contributed by atoms with Gasteiger partial charge in [-0.25, -0.2) is 4.21 Å². The Kier molecular flexibility index (Phi) is 5.57. The SMILES string of the molecule is O=S(O)CCN1CCN(CCO)CC1. The van der Waals surface area contributed by atoms with Gasteiger partial charge < -0.3 is 9.66 Å². The molecule has 0 aromatic carbocycles. The Balaban J connectivity index is 2.12. The van der Waals surface area contributed by atoms with Gasteiger partial charge in [0.05, 0.1) is 12.4 Å². The van der Waals surface area contributed by atoms with Crippen LogP contribution in [0.15, 0.2) is 0 Å². The predicted molar refractivity (Wildman–Crippen MR) is 55.6 cm³/mol. The van der Waals surface area contributed by atoms with Gasteiger partial charge >= 0.3 is 0 Å². The van der Waals surface area contributed by atoms with Gasteiger partial charge in [0, 0.05) is 39.3 Å². The van der Waals surface area contributed by atoms with Gasteiger partial charge in [-0.05, 0) is 0 Å². The summed E-state index contributed by atoms with van der Waals surface area (Å²) in [7, 11) is 0. The topological polar surface area (TPSA) is 64.0 Å². The molecule has 0 bridgehead atoms. The molecule has 0 saturated carbocycles. The molecular weight excluding hydrogens is 204 g/mol. The Morgan fingerprint density at radius 1 is 1.07 bits per heavy atom. The van der Waals surface area contributed by atoms with Crippen LogP contribution in [0.5, 0.6) is 0 Å². The van der Waals surface area contributed by atoms with Gasteiger partial charge in [-0.2, -0.15) is 0 Å². The molecule has 2 N–H and O–H groups in total. The lowest BCUT2D eigenvalue weighted by Gasteiger charge is -2.33. The van der Waals surface area contributed by atoms with E-state index in [1.54, 1.807) is 0 Å². The minimum absolute atomic E-state index is 0.209. The lowest BCUT2D eigenvalue weighted by Crippen LogP contribution is -2.48. The molecule has 84 valence electrons. The minimum Gasteiger partial charge on any atom is -0.395 e. The third-order valence-electron chi connectivity index (χ3n) is 2.46. The van der Waals surface area contributed by atoms with Crippen molar-refractivity contribution in [2.75, 3.05) is 51.6 Å². The fourth-order valence-corrected chi connectivity index (χ4v) is 2.00. The van der Waals surface area contributed by atoms with E-state index in [0.717, 1.165) is 32.7 Å². The Labute approximate surface area is 87.0 Å². The molecule has 1 unspecified atom stereocenters. The summed E-state index contributed by atoms with van der Waals surface area (Å²) in [5.41, 5.74) is 0. The lowest BCUT2D eigenvalue weighted by molar-refractivity contribution is 0.116. The molecule has 0 spiro atoms. The Hall–Kier alpha value is -0.0100. The third-order valence-corrected chi connectivity index (χ3v) is 3.00. The monoisotopic (exact) mass is 222 g/mol. The number of rotatable bonds is 5. The zero-order valence-corrected chi connectivity index (χ0v) is 9.08. The quantitative estimate of drug-likeness (QED) is 0.573. The van der Waals surface area contributed by atoms with Crippen LogP contribution in [-0.2, 0) is 11.1 Å². The van der Waals surface area contributed by atoms with Gasteiger partial charge in [0.2, 0.25) is 0 Å². The third kappa shape index (κ3) is 4.47. The molecule has 0 aromatic heterocycles. The molecule has 1 rings (SSSR count). The first-order chi connectivity index (χ1) is 6.72. The van der Waals surface area contributed by atoms with Crippen molar-refractivity contribution < 1.29 is 13.9 Å². The lowest BCUT2D eigenvalue weighted by atomic mass is 10.3. The number of aliphatic hydroxyl groups is 1. The maximum atomic E-state index is 10.4. The molecule has 1 atom stereocenters. The predicted octanol–water partition coefficient (Wildman–Crippen LogP) is -1.18. The van der Waals surface area contributed by atoms with E-state index in [4.69, 9.17) is 9.66 Å². The summed E-state index contributed by atoms with van der Waals surface area (Å²) in [6.07, 6.45) is 0. The van der Waals surface area contributed by atoms with E-state index in [0.29, 0.717) is 12.3 Å². The van der Waals surface area contributed by atoms with Crippen molar-refractivity contribution in [1.29, 1.82) is 0 Å². The molecule has 1 aliphatic rings. The number of β-amino-alcohol motifs (C(OH)–C–C–N with tert-alkyl or cyclic N) is 1. The number of aliphatic hydroxyl groups excluding tert-OH is 1. The van der Waals surface area contributed by atoms with Crippen LogP contribution in [-0.4, -0.2) is 75.3 Å². The van der Waals surface area contributed by atoms with Crippen LogP contribution < -0.4 is 0 Å². The summed E-state index contributed by atoms with van der Waals surface area (Å²) in [5.74, 6) is 0.333. The van der Waals surface area contributed by atoms with Crippen LogP contribution in [0.25, 0.3) is 0 Å². The Bertz CT molecular complexity index is 183. The first kappa shape index (κ1) is 12.1. The molecule has 6 heteroatoms. The highest BCUT2D eigenvalue weighted by atomic mass is 32.2. The van der Waals surface area contributed by atoms with Crippen molar-refractivity contribution in [2.45, 2.75) is 0 Å². The zero-order valence-electron chi connectivity index (χ0n) is 8.26. The van der Waals surface area contributed by atoms with Crippen LogP contribution in [0.1, 0.15) is 0 Å². The highest BCUT2D eigenvalue weighted by Crippen LogP contribution is 2.00. The summed E-state index contributed by atoms with van der Waals surface area (Å²) in [5, 5.41) is 8.73. The van der Waals surface area contributed by atoms with E-state index in [1.165, 1.54) is 0 Å². The first-order valence-electron chi connectivity index (χ1n) is 4.85. The van der Waals surface area contributed by atoms with Crippen molar-refractivity contribution in [3.8, 4) is 0 Å². The smallest absolute Gasteiger partial charge is 0.154 e. The maximum Gasteiger partial charge on any atom is 0.154 e. The number of piperazine rings is 1. The van der Waals surface area contributed by atoms with Gasteiger partial charge in [0.25, 0.3) is 0 Å². The standard InChI is InChI=1S/C8H18N2O3S/c11-7-5-9-1-3-10(4-2-9)6-8-14(12)13/h11H,1-8H2,(H,12,13). The summed E-state index contributed by atoms with van der Waals surface area (Å²) in [4.78, 5) is 4.38. The number of hydrogen-bond donors (Lipinski definition) is 2. The van der Waals surface area contributed by atoms with E-state index in [2.05, 4.69) is 9.80 Å². The zero-order chi connectivity index (χ0) is 10.4.